The second kappa shape index (κ2) is 4.57. The van der Waals surface area contributed by atoms with Crippen LogP contribution in [0.15, 0.2) is 29.3 Å². The maximum absolute atomic E-state index is 11.7. The minimum absolute atomic E-state index is 0.0981. The van der Waals surface area contributed by atoms with Crippen molar-refractivity contribution in [1.82, 2.24) is 19.7 Å². The van der Waals surface area contributed by atoms with Gasteiger partial charge in [-0.05, 0) is 24.6 Å². The zero-order chi connectivity index (χ0) is 14.3. The number of aryl methyl sites for hydroxylation is 2. The van der Waals surface area contributed by atoms with Gasteiger partial charge in [-0.3, -0.25) is 9.48 Å². The number of fused-ring (bicyclic) bond motifs is 1. The normalized spacial score (nSPS) is 11.2. The molecule has 0 aliphatic rings. The van der Waals surface area contributed by atoms with E-state index in [9.17, 15) is 9.90 Å². The van der Waals surface area contributed by atoms with Crippen molar-refractivity contribution in [2.45, 2.75) is 13.5 Å². The summed E-state index contributed by atoms with van der Waals surface area (Å²) in [5.74, 6) is 0. The third-order valence-corrected chi connectivity index (χ3v) is 3.22. The number of nitrogens with zero attached hydrogens (tertiary/aromatic N) is 3. The SMILES string of the molecule is Cc1nc2c(-c3cnn(C)c3)cc(CO)cc2[nH]c1=O. The number of aromatic amines is 1. The minimum Gasteiger partial charge on any atom is -0.392 e. The molecular weight excluding hydrogens is 256 g/mol. The van der Waals surface area contributed by atoms with Gasteiger partial charge in [-0.2, -0.15) is 5.10 Å². The molecule has 6 heteroatoms. The van der Waals surface area contributed by atoms with Gasteiger partial charge in [0, 0.05) is 24.4 Å². The van der Waals surface area contributed by atoms with E-state index in [4.69, 9.17) is 0 Å². The molecule has 3 rings (SSSR count). The van der Waals surface area contributed by atoms with Crippen LogP contribution in [0, 0.1) is 6.92 Å². The second-order valence-corrected chi connectivity index (χ2v) is 4.75. The van der Waals surface area contributed by atoms with Crippen LogP contribution in [-0.4, -0.2) is 24.9 Å². The third kappa shape index (κ3) is 2.00. The fourth-order valence-corrected chi connectivity index (χ4v) is 2.21. The summed E-state index contributed by atoms with van der Waals surface area (Å²) in [6.07, 6.45) is 3.61. The monoisotopic (exact) mass is 270 g/mol. The summed E-state index contributed by atoms with van der Waals surface area (Å²) in [5.41, 5.74) is 3.98. The average Bonchev–Trinajstić information content (AvgIpc) is 2.85. The molecule has 3 aromatic rings. The molecule has 0 saturated carbocycles. The predicted molar refractivity (Wildman–Crippen MR) is 75.2 cm³/mol. The number of aliphatic hydroxyl groups excluding tert-OH is 1. The summed E-state index contributed by atoms with van der Waals surface area (Å²) in [5, 5.41) is 13.5. The van der Waals surface area contributed by atoms with Gasteiger partial charge in [0.2, 0.25) is 0 Å². The molecule has 0 unspecified atom stereocenters. The average molecular weight is 270 g/mol. The molecule has 20 heavy (non-hydrogen) atoms. The summed E-state index contributed by atoms with van der Waals surface area (Å²) in [4.78, 5) is 18.9. The standard InChI is InChI=1S/C14H14N4O2/c1-8-14(20)17-12-4-9(7-19)3-11(13(12)16-8)10-5-15-18(2)6-10/h3-6,19H,7H2,1-2H3,(H,17,20). The van der Waals surface area contributed by atoms with E-state index in [1.54, 1.807) is 23.9 Å². The number of H-pyrrole nitrogens is 1. The predicted octanol–water partition coefficient (Wildman–Crippen LogP) is 1.12. The Kier molecular flexibility index (Phi) is 2.87. The molecule has 0 bridgehead atoms. The Hall–Kier alpha value is -2.47. The number of aromatic nitrogens is 4. The molecule has 2 N–H and O–H groups in total. The zero-order valence-electron chi connectivity index (χ0n) is 11.2. The van der Waals surface area contributed by atoms with Crippen LogP contribution < -0.4 is 5.56 Å². The van der Waals surface area contributed by atoms with Crippen molar-refractivity contribution in [2.75, 3.05) is 0 Å². The molecule has 0 aliphatic heterocycles. The Morgan fingerprint density at radius 2 is 2.20 bits per heavy atom. The van der Waals surface area contributed by atoms with Crippen LogP contribution in [-0.2, 0) is 13.7 Å². The van der Waals surface area contributed by atoms with E-state index in [1.807, 2.05) is 19.3 Å². The molecule has 6 nitrogen and oxygen atoms in total. The first-order chi connectivity index (χ1) is 9.58. The molecule has 102 valence electrons. The van der Waals surface area contributed by atoms with Crippen molar-refractivity contribution in [3.05, 3.63) is 46.1 Å². The van der Waals surface area contributed by atoms with Crippen molar-refractivity contribution in [3.63, 3.8) is 0 Å². The van der Waals surface area contributed by atoms with Crippen LogP contribution in [0.25, 0.3) is 22.2 Å². The summed E-state index contributed by atoms with van der Waals surface area (Å²) < 4.78 is 1.70. The number of benzene rings is 1. The Balaban J connectivity index is 2.39. The highest BCUT2D eigenvalue weighted by Crippen LogP contribution is 2.27. The van der Waals surface area contributed by atoms with E-state index >= 15 is 0 Å². The lowest BCUT2D eigenvalue weighted by molar-refractivity contribution is 0.282. The lowest BCUT2D eigenvalue weighted by atomic mass is 10.0. The summed E-state index contributed by atoms with van der Waals surface area (Å²) in [6, 6.07) is 3.60. The highest BCUT2D eigenvalue weighted by atomic mass is 16.3. The van der Waals surface area contributed by atoms with Crippen LogP contribution in [0.2, 0.25) is 0 Å². The van der Waals surface area contributed by atoms with Crippen LogP contribution in [0.5, 0.6) is 0 Å². The lowest BCUT2D eigenvalue weighted by Gasteiger charge is -2.07. The van der Waals surface area contributed by atoms with Crippen molar-refractivity contribution >= 4 is 11.0 Å². The summed E-state index contributed by atoms with van der Waals surface area (Å²) in [7, 11) is 1.84. The van der Waals surface area contributed by atoms with E-state index in [-0.39, 0.29) is 12.2 Å². The van der Waals surface area contributed by atoms with Gasteiger partial charge in [0.05, 0.1) is 23.8 Å². The Labute approximate surface area is 114 Å². The first-order valence-corrected chi connectivity index (χ1v) is 6.22. The van der Waals surface area contributed by atoms with E-state index in [2.05, 4.69) is 15.1 Å². The Bertz CT molecular complexity index is 848. The first kappa shape index (κ1) is 12.6. The second-order valence-electron chi connectivity index (χ2n) is 4.75. The van der Waals surface area contributed by atoms with Crippen molar-refractivity contribution < 1.29 is 5.11 Å². The number of nitrogens with one attached hydrogen (secondary N) is 1. The fourth-order valence-electron chi connectivity index (χ4n) is 2.21. The van der Waals surface area contributed by atoms with Gasteiger partial charge >= 0.3 is 0 Å². The van der Waals surface area contributed by atoms with Crippen molar-refractivity contribution in [3.8, 4) is 11.1 Å². The third-order valence-electron chi connectivity index (χ3n) is 3.22. The molecule has 0 spiro atoms. The zero-order valence-corrected chi connectivity index (χ0v) is 11.2. The molecule has 2 aromatic heterocycles. The van der Waals surface area contributed by atoms with Crippen molar-refractivity contribution in [1.29, 1.82) is 0 Å². The molecule has 1 aromatic carbocycles. The summed E-state index contributed by atoms with van der Waals surface area (Å²) in [6.45, 7) is 1.57. The molecular formula is C14H14N4O2. The molecule has 0 saturated heterocycles. The van der Waals surface area contributed by atoms with Gasteiger partial charge in [0.25, 0.3) is 5.56 Å². The Morgan fingerprint density at radius 3 is 2.85 bits per heavy atom. The van der Waals surface area contributed by atoms with Crippen LogP contribution in [0.1, 0.15) is 11.3 Å². The molecule has 0 aliphatic carbocycles. The fraction of sp³-hybridized carbons (Fsp3) is 0.214. The van der Waals surface area contributed by atoms with Gasteiger partial charge in [-0.1, -0.05) is 0 Å². The first-order valence-electron chi connectivity index (χ1n) is 6.22. The number of rotatable bonds is 2. The van der Waals surface area contributed by atoms with E-state index in [0.717, 1.165) is 16.7 Å². The van der Waals surface area contributed by atoms with E-state index in [1.165, 1.54) is 0 Å². The van der Waals surface area contributed by atoms with Gasteiger partial charge in [0.1, 0.15) is 5.69 Å². The highest BCUT2D eigenvalue weighted by molar-refractivity contribution is 5.91. The number of aliphatic hydroxyl groups is 1. The highest BCUT2D eigenvalue weighted by Gasteiger charge is 2.11. The van der Waals surface area contributed by atoms with Gasteiger partial charge < -0.3 is 10.1 Å². The smallest absolute Gasteiger partial charge is 0.269 e. The minimum atomic E-state index is -0.218. The summed E-state index contributed by atoms with van der Waals surface area (Å²) >= 11 is 0. The molecule has 0 atom stereocenters. The van der Waals surface area contributed by atoms with Crippen LogP contribution in [0.3, 0.4) is 0 Å². The van der Waals surface area contributed by atoms with Gasteiger partial charge in [-0.25, -0.2) is 4.98 Å². The van der Waals surface area contributed by atoms with E-state index < -0.39 is 0 Å². The van der Waals surface area contributed by atoms with Gasteiger partial charge in [0.15, 0.2) is 0 Å². The van der Waals surface area contributed by atoms with Crippen LogP contribution in [0.4, 0.5) is 0 Å². The number of hydrogen-bond acceptors (Lipinski definition) is 4. The molecule has 0 fully saturated rings. The molecule has 2 heterocycles. The topological polar surface area (TPSA) is 83.8 Å². The molecule has 0 amide bonds. The largest absolute Gasteiger partial charge is 0.392 e. The molecule has 0 radical (unpaired) electrons. The van der Waals surface area contributed by atoms with Crippen molar-refractivity contribution in [2.24, 2.45) is 7.05 Å². The Morgan fingerprint density at radius 1 is 1.40 bits per heavy atom. The lowest BCUT2D eigenvalue weighted by Crippen LogP contribution is -2.12. The van der Waals surface area contributed by atoms with E-state index in [0.29, 0.717) is 16.7 Å². The maximum Gasteiger partial charge on any atom is 0.269 e. The quantitative estimate of drug-likeness (QED) is 0.731. The van der Waals surface area contributed by atoms with Gasteiger partial charge in [-0.15, -0.1) is 0 Å². The number of hydrogen-bond donors (Lipinski definition) is 2. The van der Waals surface area contributed by atoms with Crippen LogP contribution >= 0.6 is 0 Å². The maximum atomic E-state index is 11.7.